The first-order chi connectivity index (χ1) is 9.56. The van der Waals surface area contributed by atoms with Gasteiger partial charge in [-0.25, -0.2) is 9.59 Å². The van der Waals surface area contributed by atoms with Crippen LogP contribution in [0.3, 0.4) is 0 Å². The normalized spacial score (nSPS) is 24.9. The maximum absolute atomic E-state index is 11.8. The Balaban J connectivity index is 1.73. The fraction of sp³-hybridized carbons (Fsp3) is 0.500. The Hall–Kier alpha value is -1.84. The van der Waals surface area contributed by atoms with Crippen LogP contribution in [0, 0.1) is 0 Å². The van der Waals surface area contributed by atoms with E-state index in [1.807, 2.05) is 12.2 Å². The van der Waals surface area contributed by atoms with E-state index in [1.54, 1.807) is 13.0 Å². The van der Waals surface area contributed by atoms with Crippen LogP contribution in [0.15, 0.2) is 36.0 Å². The largest absolute Gasteiger partial charge is 0.459 e. The van der Waals surface area contributed by atoms with Crippen LogP contribution in [-0.2, 0) is 19.1 Å². The number of allylic oxidation sites excluding steroid dienone is 3. The molecule has 2 aliphatic carbocycles. The molecule has 0 amide bonds. The van der Waals surface area contributed by atoms with Crippen molar-refractivity contribution >= 4 is 11.9 Å². The van der Waals surface area contributed by atoms with Crippen molar-refractivity contribution in [2.75, 3.05) is 0 Å². The molecule has 0 heterocycles. The van der Waals surface area contributed by atoms with E-state index in [1.165, 1.54) is 0 Å². The molecule has 0 aromatic heterocycles. The number of carbonyl (C=O) groups excluding carboxylic acids is 2. The Morgan fingerprint density at radius 1 is 1.15 bits per heavy atom. The molecule has 0 unspecified atom stereocenters. The van der Waals surface area contributed by atoms with Gasteiger partial charge in [-0.1, -0.05) is 24.8 Å². The quantitative estimate of drug-likeness (QED) is 0.585. The molecule has 0 radical (unpaired) electrons. The van der Waals surface area contributed by atoms with E-state index >= 15 is 0 Å². The van der Waals surface area contributed by atoms with Crippen molar-refractivity contribution in [3.8, 4) is 0 Å². The minimum atomic E-state index is -0.340. The average Bonchev–Trinajstić information content (AvgIpc) is 2.95. The van der Waals surface area contributed by atoms with Crippen LogP contribution in [0.25, 0.3) is 0 Å². The average molecular weight is 276 g/mol. The number of rotatable bonds is 4. The second-order valence-electron chi connectivity index (χ2n) is 5.31. The number of carbonyl (C=O) groups is 2. The van der Waals surface area contributed by atoms with E-state index in [-0.39, 0.29) is 24.1 Å². The van der Waals surface area contributed by atoms with Crippen LogP contribution < -0.4 is 0 Å². The molecule has 1 fully saturated rings. The molecule has 108 valence electrons. The van der Waals surface area contributed by atoms with Gasteiger partial charge in [-0.3, -0.25) is 0 Å². The summed E-state index contributed by atoms with van der Waals surface area (Å²) in [6, 6.07) is 0. The van der Waals surface area contributed by atoms with Gasteiger partial charge >= 0.3 is 11.9 Å². The lowest BCUT2D eigenvalue weighted by Gasteiger charge is -2.28. The highest BCUT2D eigenvalue weighted by Gasteiger charge is 2.27. The maximum atomic E-state index is 11.8. The molecule has 0 bridgehead atoms. The maximum Gasteiger partial charge on any atom is 0.334 e. The van der Waals surface area contributed by atoms with Crippen molar-refractivity contribution in [2.45, 2.75) is 51.2 Å². The van der Waals surface area contributed by atoms with Crippen molar-refractivity contribution in [1.82, 2.24) is 0 Å². The summed E-state index contributed by atoms with van der Waals surface area (Å²) in [5.41, 5.74) is 1.13. The van der Waals surface area contributed by atoms with Gasteiger partial charge in [0.2, 0.25) is 0 Å². The first-order valence-corrected chi connectivity index (χ1v) is 6.99. The van der Waals surface area contributed by atoms with Gasteiger partial charge in [0.1, 0.15) is 12.2 Å². The Labute approximate surface area is 119 Å². The van der Waals surface area contributed by atoms with Crippen LogP contribution in [0.5, 0.6) is 0 Å². The van der Waals surface area contributed by atoms with Gasteiger partial charge in [-0.05, 0) is 39.0 Å². The monoisotopic (exact) mass is 276 g/mol. The first-order valence-electron chi connectivity index (χ1n) is 6.99. The van der Waals surface area contributed by atoms with Crippen LogP contribution in [0.1, 0.15) is 39.0 Å². The van der Waals surface area contributed by atoms with Gasteiger partial charge in [0, 0.05) is 11.1 Å². The minimum absolute atomic E-state index is 0.0659. The third-order valence-corrected chi connectivity index (χ3v) is 3.55. The number of ether oxygens (including phenoxy) is 2. The second-order valence-corrected chi connectivity index (χ2v) is 5.31. The standard InChI is InChI=1S/C16H20O4/c1-11(2)15(17)19-13-7-9-14(10-8-13)20-16(18)12-5-3-4-6-12/h3-5,13-14H,1,6-10H2,2H3. The van der Waals surface area contributed by atoms with Crippen LogP contribution in [0.2, 0.25) is 0 Å². The zero-order valence-corrected chi connectivity index (χ0v) is 11.8. The Kier molecular flexibility index (Phi) is 4.77. The molecule has 0 atom stereocenters. The van der Waals surface area contributed by atoms with Crippen molar-refractivity contribution < 1.29 is 19.1 Å². The molecular weight excluding hydrogens is 256 g/mol. The smallest absolute Gasteiger partial charge is 0.334 e. The molecule has 0 aromatic carbocycles. The number of esters is 2. The minimum Gasteiger partial charge on any atom is -0.459 e. The molecule has 0 N–H and O–H groups in total. The predicted octanol–water partition coefficient (Wildman–Crippen LogP) is 2.85. The lowest BCUT2D eigenvalue weighted by Crippen LogP contribution is -2.30. The Morgan fingerprint density at radius 3 is 2.25 bits per heavy atom. The van der Waals surface area contributed by atoms with Crippen molar-refractivity contribution in [1.29, 1.82) is 0 Å². The van der Waals surface area contributed by atoms with Gasteiger partial charge in [-0.2, -0.15) is 0 Å². The summed E-state index contributed by atoms with van der Waals surface area (Å²) >= 11 is 0. The second kappa shape index (κ2) is 6.55. The molecule has 0 spiro atoms. The lowest BCUT2D eigenvalue weighted by molar-refractivity contribution is -0.153. The fourth-order valence-electron chi connectivity index (χ4n) is 2.35. The Bertz CT molecular complexity index is 465. The van der Waals surface area contributed by atoms with Crippen LogP contribution in [0.4, 0.5) is 0 Å². The van der Waals surface area contributed by atoms with Gasteiger partial charge in [0.15, 0.2) is 0 Å². The number of hydrogen-bond donors (Lipinski definition) is 0. The zero-order valence-electron chi connectivity index (χ0n) is 11.8. The summed E-state index contributed by atoms with van der Waals surface area (Å²) < 4.78 is 10.8. The third-order valence-electron chi connectivity index (χ3n) is 3.55. The summed E-state index contributed by atoms with van der Waals surface area (Å²) in [6.07, 6.45) is 9.04. The van der Waals surface area contributed by atoms with Crippen molar-refractivity contribution in [3.05, 3.63) is 36.0 Å². The van der Waals surface area contributed by atoms with Crippen LogP contribution in [-0.4, -0.2) is 24.1 Å². The van der Waals surface area contributed by atoms with Gasteiger partial charge < -0.3 is 9.47 Å². The van der Waals surface area contributed by atoms with Crippen molar-refractivity contribution in [2.24, 2.45) is 0 Å². The highest BCUT2D eigenvalue weighted by molar-refractivity contribution is 5.90. The molecule has 1 saturated carbocycles. The molecule has 2 rings (SSSR count). The third kappa shape index (κ3) is 3.83. The van der Waals surface area contributed by atoms with E-state index in [0.29, 0.717) is 17.6 Å². The van der Waals surface area contributed by atoms with E-state index in [2.05, 4.69) is 6.58 Å². The van der Waals surface area contributed by atoms with Gasteiger partial charge in [0.05, 0.1) is 0 Å². The van der Waals surface area contributed by atoms with Crippen molar-refractivity contribution in [3.63, 3.8) is 0 Å². The topological polar surface area (TPSA) is 52.6 Å². The lowest BCUT2D eigenvalue weighted by atomic mass is 9.95. The summed E-state index contributed by atoms with van der Waals surface area (Å²) in [7, 11) is 0. The Morgan fingerprint density at radius 2 is 1.75 bits per heavy atom. The molecule has 4 nitrogen and oxygen atoms in total. The summed E-state index contributed by atoms with van der Waals surface area (Å²) in [4.78, 5) is 23.3. The van der Waals surface area contributed by atoms with Crippen LogP contribution >= 0.6 is 0 Å². The molecular formula is C16H20O4. The van der Waals surface area contributed by atoms with Gasteiger partial charge in [-0.15, -0.1) is 0 Å². The summed E-state index contributed by atoms with van der Waals surface area (Å²) in [5.74, 6) is -0.565. The number of hydrogen-bond acceptors (Lipinski definition) is 4. The first kappa shape index (κ1) is 14.6. The molecule has 0 aromatic rings. The van der Waals surface area contributed by atoms with E-state index < -0.39 is 0 Å². The van der Waals surface area contributed by atoms with E-state index in [9.17, 15) is 9.59 Å². The summed E-state index contributed by atoms with van der Waals surface area (Å²) in [5, 5.41) is 0. The van der Waals surface area contributed by atoms with E-state index in [0.717, 1.165) is 25.7 Å². The SMILES string of the molecule is C=C(C)C(=O)OC1CCC(OC(=O)C2=CC=CC2)CC1. The molecule has 2 aliphatic rings. The van der Waals surface area contributed by atoms with Gasteiger partial charge in [0.25, 0.3) is 0 Å². The highest BCUT2D eigenvalue weighted by Crippen LogP contribution is 2.25. The molecule has 4 heteroatoms. The fourth-order valence-corrected chi connectivity index (χ4v) is 2.35. The summed E-state index contributed by atoms with van der Waals surface area (Å²) in [6.45, 7) is 5.20. The highest BCUT2D eigenvalue weighted by atomic mass is 16.6. The van der Waals surface area contributed by atoms with E-state index in [4.69, 9.17) is 9.47 Å². The molecule has 0 saturated heterocycles. The predicted molar refractivity (Wildman–Crippen MR) is 74.9 cm³/mol. The zero-order chi connectivity index (χ0) is 14.5. The molecule has 0 aliphatic heterocycles. The molecule has 20 heavy (non-hydrogen) atoms.